The first kappa shape index (κ1) is 21.8. The predicted octanol–water partition coefficient (Wildman–Crippen LogP) is 7.12. The molecule has 31 heavy (non-hydrogen) atoms. The van der Waals surface area contributed by atoms with Gasteiger partial charge in [0.05, 0.1) is 20.6 Å². The molecule has 0 aromatic heterocycles. The molecule has 1 amide bonds. The molecule has 0 spiro atoms. The normalized spacial score (nSPS) is 16.0. The predicted molar refractivity (Wildman–Crippen MR) is 129 cm³/mol. The maximum Gasteiger partial charge on any atom is 0.264 e. The molecule has 0 unspecified atom stereocenters. The minimum Gasteiger partial charge on any atom is -0.489 e. The van der Waals surface area contributed by atoms with Gasteiger partial charge in [-0.2, -0.15) is 0 Å². The van der Waals surface area contributed by atoms with Crippen molar-refractivity contribution in [3.8, 4) is 5.75 Å². The van der Waals surface area contributed by atoms with Gasteiger partial charge in [0.25, 0.3) is 5.91 Å². The highest BCUT2D eigenvalue weighted by Crippen LogP contribution is 2.29. The molecule has 156 valence electrons. The van der Waals surface area contributed by atoms with Gasteiger partial charge in [-0.25, -0.2) is 4.99 Å². The molecule has 1 aliphatic rings. The molecule has 0 radical (unpaired) electrons. The van der Waals surface area contributed by atoms with Crippen LogP contribution in [0.5, 0.6) is 5.75 Å². The average Bonchev–Trinajstić information content (AvgIpc) is 3.10. The number of benzene rings is 3. The molecule has 0 bridgehead atoms. The lowest BCUT2D eigenvalue weighted by Gasteiger charge is -2.07. The van der Waals surface area contributed by atoms with E-state index in [-0.39, 0.29) is 5.91 Å². The molecule has 1 heterocycles. The van der Waals surface area contributed by atoms with E-state index in [0.29, 0.717) is 37.5 Å². The Balaban J connectivity index is 1.40. The molecular formula is C23H15Cl3N2O2S. The van der Waals surface area contributed by atoms with E-state index >= 15 is 0 Å². The standard InChI is InChI=1S/C23H15Cl3N2O2S/c24-16-4-6-17(7-5-16)27-23-28-22(29)21(31-23)12-14-1-8-18(9-2-14)30-13-15-3-10-19(25)20(26)11-15/h1-12H,13H2,(H,27,28,29)/b21-12-. The van der Waals surface area contributed by atoms with Gasteiger partial charge in [0, 0.05) is 5.02 Å². The van der Waals surface area contributed by atoms with Crippen LogP contribution in [0.4, 0.5) is 5.69 Å². The van der Waals surface area contributed by atoms with Gasteiger partial charge < -0.3 is 10.1 Å². The first-order chi connectivity index (χ1) is 15.0. The monoisotopic (exact) mass is 488 g/mol. The first-order valence-corrected chi connectivity index (χ1v) is 11.1. The summed E-state index contributed by atoms with van der Waals surface area (Å²) in [5.74, 6) is 0.527. The van der Waals surface area contributed by atoms with Gasteiger partial charge in [-0.3, -0.25) is 4.79 Å². The SMILES string of the molecule is O=C1NC(=Nc2ccc(Cl)cc2)S/C1=C\c1ccc(OCc2ccc(Cl)c(Cl)c2)cc1. The Morgan fingerprint density at radius 2 is 1.68 bits per heavy atom. The molecule has 4 nitrogen and oxygen atoms in total. The molecule has 1 fully saturated rings. The van der Waals surface area contributed by atoms with Gasteiger partial charge in [-0.05, 0) is 77.5 Å². The summed E-state index contributed by atoms with van der Waals surface area (Å²) in [6, 6.07) is 20.0. The van der Waals surface area contributed by atoms with Crippen LogP contribution in [-0.4, -0.2) is 11.1 Å². The second-order valence-corrected chi connectivity index (χ2v) is 8.85. The maximum absolute atomic E-state index is 12.3. The largest absolute Gasteiger partial charge is 0.489 e. The third-order valence-corrected chi connectivity index (χ3v) is 6.18. The van der Waals surface area contributed by atoms with E-state index in [4.69, 9.17) is 39.5 Å². The fourth-order valence-electron chi connectivity index (χ4n) is 2.72. The summed E-state index contributed by atoms with van der Waals surface area (Å²) in [4.78, 5) is 17.3. The summed E-state index contributed by atoms with van der Waals surface area (Å²) < 4.78 is 5.79. The van der Waals surface area contributed by atoms with Crippen LogP contribution in [0.3, 0.4) is 0 Å². The van der Waals surface area contributed by atoms with Crippen LogP contribution in [-0.2, 0) is 11.4 Å². The van der Waals surface area contributed by atoms with Crippen molar-refractivity contribution in [3.05, 3.63) is 97.8 Å². The van der Waals surface area contributed by atoms with E-state index < -0.39 is 0 Å². The fourth-order valence-corrected chi connectivity index (χ4v) is 4.01. The molecule has 0 aliphatic carbocycles. The first-order valence-electron chi connectivity index (χ1n) is 9.18. The van der Waals surface area contributed by atoms with Crippen molar-refractivity contribution >= 4 is 69.4 Å². The van der Waals surface area contributed by atoms with E-state index in [2.05, 4.69) is 10.3 Å². The lowest BCUT2D eigenvalue weighted by Crippen LogP contribution is -2.19. The zero-order valence-electron chi connectivity index (χ0n) is 15.9. The Morgan fingerprint density at radius 3 is 2.39 bits per heavy atom. The molecule has 0 saturated carbocycles. The van der Waals surface area contributed by atoms with E-state index in [0.717, 1.165) is 16.8 Å². The summed E-state index contributed by atoms with van der Waals surface area (Å²) in [6.45, 7) is 0.375. The van der Waals surface area contributed by atoms with Gasteiger partial charge in [0.15, 0.2) is 5.17 Å². The molecule has 1 saturated heterocycles. The third-order valence-electron chi connectivity index (χ3n) is 4.28. The van der Waals surface area contributed by atoms with Crippen molar-refractivity contribution < 1.29 is 9.53 Å². The second kappa shape index (κ2) is 9.79. The minimum atomic E-state index is -0.183. The fraction of sp³-hybridized carbons (Fsp3) is 0.0435. The van der Waals surface area contributed by atoms with Gasteiger partial charge in [-0.1, -0.05) is 53.0 Å². The summed E-state index contributed by atoms with van der Waals surface area (Å²) in [7, 11) is 0. The molecule has 1 N–H and O–H groups in total. The number of nitrogens with zero attached hydrogens (tertiary/aromatic N) is 1. The highest BCUT2D eigenvalue weighted by atomic mass is 35.5. The smallest absolute Gasteiger partial charge is 0.264 e. The van der Waals surface area contributed by atoms with Crippen LogP contribution < -0.4 is 10.1 Å². The van der Waals surface area contributed by atoms with Crippen LogP contribution in [0.25, 0.3) is 6.08 Å². The zero-order chi connectivity index (χ0) is 21.8. The Morgan fingerprint density at radius 1 is 0.935 bits per heavy atom. The molecule has 1 aliphatic heterocycles. The van der Waals surface area contributed by atoms with Crippen LogP contribution in [0.1, 0.15) is 11.1 Å². The van der Waals surface area contributed by atoms with Crippen molar-refractivity contribution in [2.45, 2.75) is 6.61 Å². The molecule has 3 aromatic rings. The molecular weight excluding hydrogens is 475 g/mol. The number of nitrogens with one attached hydrogen (secondary N) is 1. The summed E-state index contributed by atoms with van der Waals surface area (Å²) >= 11 is 19.1. The van der Waals surface area contributed by atoms with Crippen LogP contribution in [0, 0.1) is 0 Å². The number of halogens is 3. The second-order valence-electron chi connectivity index (χ2n) is 6.56. The van der Waals surface area contributed by atoms with Gasteiger partial charge >= 0.3 is 0 Å². The van der Waals surface area contributed by atoms with Gasteiger partial charge in [-0.15, -0.1) is 0 Å². The van der Waals surface area contributed by atoms with E-state index in [1.165, 1.54) is 11.8 Å². The van der Waals surface area contributed by atoms with E-state index in [1.54, 1.807) is 36.4 Å². The number of carbonyl (C=O) groups is 1. The van der Waals surface area contributed by atoms with Crippen molar-refractivity contribution in [2.24, 2.45) is 4.99 Å². The van der Waals surface area contributed by atoms with Crippen LogP contribution >= 0.6 is 46.6 Å². The number of ether oxygens (including phenoxy) is 1. The molecule has 4 rings (SSSR count). The van der Waals surface area contributed by atoms with Gasteiger partial charge in [0.1, 0.15) is 12.4 Å². The average molecular weight is 490 g/mol. The number of carbonyl (C=O) groups excluding carboxylic acids is 1. The highest BCUT2D eigenvalue weighted by Gasteiger charge is 2.23. The number of hydrogen-bond donors (Lipinski definition) is 1. The van der Waals surface area contributed by atoms with Gasteiger partial charge in [0.2, 0.25) is 0 Å². The Bertz CT molecular complexity index is 1180. The lowest BCUT2D eigenvalue weighted by molar-refractivity contribution is -0.115. The van der Waals surface area contributed by atoms with Crippen molar-refractivity contribution in [3.63, 3.8) is 0 Å². The lowest BCUT2D eigenvalue weighted by atomic mass is 10.2. The molecule has 8 heteroatoms. The summed E-state index contributed by atoms with van der Waals surface area (Å²) in [5.41, 5.74) is 2.52. The maximum atomic E-state index is 12.3. The number of amides is 1. The van der Waals surface area contributed by atoms with E-state index in [9.17, 15) is 4.79 Å². The van der Waals surface area contributed by atoms with Crippen LogP contribution in [0.15, 0.2) is 76.6 Å². The molecule has 0 atom stereocenters. The Labute approximate surface area is 198 Å². The van der Waals surface area contributed by atoms with Crippen LogP contribution in [0.2, 0.25) is 15.1 Å². The Hall–Kier alpha value is -2.44. The number of aliphatic imine (C=N–C) groups is 1. The Kier molecular flexibility index (Phi) is 6.88. The molecule has 3 aromatic carbocycles. The third kappa shape index (κ3) is 5.83. The minimum absolute atomic E-state index is 0.183. The summed E-state index contributed by atoms with van der Waals surface area (Å²) in [5, 5.41) is 4.95. The zero-order valence-corrected chi connectivity index (χ0v) is 19.0. The quantitative estimate of drug-likeness (QED) is 0.388. The van der Waals surface area contributed by atoms with E-state index in [1.807, 2.05) is 36.4 Å². The topological polar surface area (TPSA) is 50.7 Å². The van der Waals surface area contributed by atoms with Crippen molar-refractivity contribution in [2.75, 3.05) is 0 Å². The highest BCUT2D eigenvalue weighted by molar-refractivity contribution is 8.18. The van der Waals surface area contributed by atoms with Crippen molar-refractivity contribution in [1.29, 1.82) is 0 Å². The van der Waals surface area contributed by atoms with Crippen molar-refractivity contribution in [1.82, 2.24) is 5.32 Å². The summed E-state index contributed by atoms with van der Waals surface area (Å²) in [6.07, 6.45) is 1.81. The number of amidine groups is 1. The number of rotatable bonds is 5. The number of hydrogen-bond acceptors (Lipinski definition) is 4. The number of thioether (sulfide) groups is 1.